The minimum atomic E-state index is -0.405. The number of rotatable bonds is 8. The van der Waals surface area contributed by atoms with Gasteiger partial charge in [-0.05, 0) is 48.9 Å². The van der Waals surface area contributed by atoms with E-state index in [2.05, 4.69) is 21.2 Å². The minimum absolute atomic E-state index is 0.0674. The zero-order chi connectivity index (χ0) is 21.2. The highest BCUT2D eigenvalue weighted by atomic mass is 16.5. The summed E-state index contributed by atoms with van der Waals surface area (Å²) in [6, 6.07) is 13.8. The van der Waals surface area contributed by atoms with Crippen LogP contribution >= 0.6 is 0 Å². The van der Waals surface area contributed by atoms with Crippen molar-refractivity contribution in [2.45, 2.75) is 26.8 Å². The van der Waals surface area contributed by atoms with Gasteiger partial charge in [0.15, 0.2) is 0 Å². The quantitative estimate of drug-likeness (QED) is 0.470. The molecule has 0 fully saturated rings. The number of carbonyl (C=O) groups excluding carboxylic acids is 3. The number of amides is 3. The van der Waals surface area contributed by atoms with Crippen LogP contribution in [0.15, 0.2) is 53.6 Å². The molecular weight excluding hydrogens is 372 g/mol. The molecule has 0 aromatic heterocycles. The summed E-state index contributed by atoms with van der Waals surface area (Å²) < 4.78 is 5.09. The van der Waals surface area contributed by atoms with Crippen molar-refractivity contribution in [1.29, 1.82) is 0 Å². The first-order valence-corrected chi connectivity index (χ1v) is 8.98. The third-order valence-electron chi connectivity index (χ3n) is 3.88. The molecule has 152 valence electrons. The molecule has 0 aliphatic heterocycles. The van der Waals surface area contributed by atoms with Gasteiger partial charge in [0.25, 0.3) is 5.91 Å². The van der Waals surface area contributed by atoms with Crippen molar-refractivity contribution in [3.8, 4) is 5.75 Å². The van der Waals surface area contributed by atoms with Crippen molar-refractivity contribution in [2.24, 2.45) is 5.10 Å². The fraction of sp³-hybridized carbons (Fsp3) is 0.238. The summed E-state index contributed by atoms with van der Waals surface area (Å²) >= 11 is 0. The Kier molecular flexibility index (Phi) is 7.90. The summed E-state index contributed by atoms with van der Waals surface area (Å²) in [6.45, 7) is 3.46. The SMILES string of the molecule is COc1ccc(CNC(=O)CC(C)=NNC(=O)c2ccc(NC(C)=O)cc2)cc1. The molecule has 0 aliphatic carbocycles. The summed E-state index contributed by atoms with van der Waals surface area (Å²) in [5.74, 6) is -0.0374. The van der Waals surface area contributed by atoms with E-state index in [1.165, 1.54) is 6.92 Å². The minimum Gasteiger partial charge on any atom is -0.497 e. The molecule has 2 rings (SSSR count). The fourth-order valence-corrected chi connectivity index (χ4v) is 2.40. The summed E-state index contributed by atoms with van der Waals surface area (Å²) in [4.78, 5) is 35.1. The van der Waals surface area contributed by atoms with E-state index in [9.17, 15) is 14.4 Å². The Morgan fingerprint density at radius 1 is 0.966 bits per heavy atom. The first kappa shape index (κ1) is 21.6. The largest absolute Gasteiger partial charge is 0.497 e. The van der Waals surface area contributed by atoms with Crippen LogP contribution in [0.25, 0.3) is 0 Å². The lowest BCUT2D eigenvalue weighted by Crippen LogP contribution is -2.26. The van der Waals surface area contributed by atoms with Crippen molar-refractivity contribution in [2.75, 3.05) is 12.4 Å². The molecule has 0 unspecified atom stereocenters. The van der Waals surface area contributed by atoms with Crippen molar-refractivity contribution >= 4 is 29.1 Å². The molecule has 0 atom stereocenters. The Labute approximate surface area is 169 Å². The standard InChI is InChI=1S/C21H24N4O4/c1-14(12-20(27)22-13-16-4-10-19(29-3)11-5-16)24-25-21(28)17-6-8-18(9-7-17)23-15(2)26/h4-11H,12-13H2,1-3H3,(H,22,27)(H,23,26)(H,25,28). The van der Waals surface area contributed by atoms with E-state index in [0.29, 0.717) is 23.5 Å². The lowest BCUT2D eigenvalue weighted by atomic mass is 10.2. The molecule has 3 N–H and O–H groups in total. The molecule has 29 heavy (non-hydrogen) atoms. The van der Waals surface area contributed by atoms with Crippen LogP contribution in [0.1, 0.15) is 36.2 Å². The number of ether oxygens (including phenoxy) is 1. The number of nitrogens with one attached hydrogen (secondary N) is 3. The maximum absolute atomic E-state index is 12.1. The van der Waals surface area contributed by atoms with Gasteiger partial charge in [-0.2, -0.15) is 5.10 Å². The molecule has 0 bridgehead atoms. The van der Waals surface area contributed by atoms with E-state index in [-0.39, 0.29) is 18.2 Å². The van der Waals surface area contributed by atoms with E-state index in [1.807, 2.05) is 24.3 Å². The third kappa shape index (κ3) is 7.45. The normalized spacial score (nSPS) is 10.8. The van der Waals surface area contributed by atoms with Crippen molar-refractivity contribution in [1.82, 2.24) is 10.7 Å². The molecule has 0 radical (unpaired) electrons. The molecule has 0 saturated heterocycles. The molecule has 0 spiro atoms. The molecule has 0 saturated carbocycles. The predicted octanol–water partition coefficient (Wildman–Crippen LogP) is 2.47. The molecule has 8 heteroatoms. The van der Waals surface area contributed by atoms with Crippen LogP contribution in [0.2, 0.25) is 0 Å². The maximum atomic E-state index is 12.1. The number of benzene rings is 2. The number of hydrogen-bond donors (Lipinski definition) is 3. The van der Waals surface area contributed by atoms with Gasteiger partial charge in [-0.3, -0.25) is 14.4 Å². The summed E-state index contributed by atoms with van der Waals surface area (Å²) in [6.07, 6.45) is 0.0674. The average Bonchev–Trinajstić information content (AvgIpc) is 2.71. The summed E-state index contributed by atoms with van der Waals surface area (Å²) in [7, 11) is 1.60. The van der Waals surface area contributed by atoms with Crippen molar-refractivity contribution in [3.63, 3.8) is 0 Å². The van der Waals surface area contributed by atoms with E-state index in [1.54, 1.807) is 38.3 Å². The van der Waals surface area contributed by atoms with Gasteiger partial charge in [0, 0.05) is 30.4 Å². The number of nitrogens with zero attached hydrogens (tertiary/aromatic N) is 1. The summed E-state index contributed by atoms with van der Waals surface area (Å²) in [5.41, 5.74) is 4.83. The van der Waals surface area contributed by atoms with Crippen LogP contribution < -0.4 is 20.8 Å². The Bertz CT molecular complexity index is 890. The first-order valence-electron chi connectivity index (χ1n) is 8.98. The topological polar surface area (TPSA) is 109 Å². The Morgan fingerprint density at radius 3 is 2.21 bits per heavy atom. The van der Waals surface area contributed by atoms with Gasteiger partial charge in [0.05, 0.1) is 13.5 Å². The van der Waals surface area contributed by atoms with Crippen LogP contribution in [-0.4, -0.2) is 30.5 Å². The van der Waals surface area contributed by atoms with Gasteiger partial charge in [0.2, 0.25) is 11.8 Å². The molecule has 3 amide bonds. The number of hydrazone groups is 1. The van der Waals surface area contributed by atoms with Gasteiger partial charge in [0.1, 0.15) is 5.75 Å². The van der Waals surface area contributed by atoms with Crippen LogP contribution in [0.5, 0.6) is 5.75 Å². The van der Waals surface area contributed by atoms with Crippen LogP contribution in [0.3, 0.4) is 0 Å². The molecule has 2 aromatic rings. The van der Waals surface area contributed by atoms with Gasteiger partial charge >= 0.3 is 0 Å². The number of methoxy groups -OCH3 is 1. The number of hydrogen-bond acceptors (Lipinski definition) is 5. The molecule has 2 aromatic carbocycles. The molecule has 0 heterocycles. The average molecular weight is 396 g/mol. The van der Waals surface area contributed by atoms with Gasteiger partial charge in [-0.25, -0.2) is 5.43 Å². The fourth-order valence-electron chi connectivity index (χ4n) is 2.40. The van der Waals surface area contributed by atoms with Crippen LogP contribution in [0, 0.1) is 0 Å². The zero-order valence-electron chi connectivity index (χ0n) is 16.6. The zero-order valence-corrected chi connectivity index (χ0v) is 16.6. The Morgan fingerprint density at radius 2 is 1.62 bits per heavy atom. The molecule has 8 nitrogen and oxygen atoms in total. The monoisotopic (exact) mass is 396 g/mol. The van der Waals surface area contributed by atoms with Crippen LogP contribution in [-0.2, 0) is 16.1 Å². The third-order valence-corrected chi connectivity index (χ3v) is 3.88. The van der Waals surface area contributed by atoms with E-state index >= 15 is 0 Å². The Balaban J connectivity index is 1.79. The highest BCUT2D eigenvalue weighted by Crippen LogP contribution is 2.11. The van der Waals surface area contributed by atoms with Gasteiger partial charge in [-0.1, -0.05) is 12.1 Å². The van der Waals surface area contributed by atoms with E-state index < -0.39 is 5.91 Å². The number of anilines is 1. The predicted molar refractivity (Wildman–Crippen MR) is 111 cm³/mol. The van der Waals surface area contributed by atoms with Crippen molar-refractivity contribution < 1.29 is 19.1 Å². The second kappa shape index (κ2) is 10.6. The molecule has 0 aliphatic rings. The highest BCUT2D eigenvalue weighted by Gasteiger charge is 2.07. The van der Waals surface area contributed by atoms with Gasteiger partial charge in [-0.15, -0.1) is 0 Å². The second-order valence-electron chi connectivity index (χ2n) is 6.35. The smallest absolute Gasteiger partial charge is 0.271 e. The lowest BCUT2D eigenvalue weighted by molar-refractivity contribution is -0.120. The highest BCUT2D eigenvalue weighted by molar-refractivity contribution is 6.01. The van der Waals surface area contributed by atoms with E-state index in [0.717, 1.165) is 11.3 Å². The maximum Gasteiger partial charge on any atom is 0.271 e. The first-order chi connectivity index (χ1) is 13.9. The lowest BCUT2D eigenvalue weighted by Gasteiger charge is -2.07. The van der Waals surface area contributed by atoms with Crippen LogP contribution in [0.4, 0.5) is 5.69 Å². The van der Waals surface area contributed by atoms with Crippen molar-refractivity contribution in [3.05, 3.63) is 59.7 Å². The second-order valence-corrected chi connectivity index (χ2v) is 6.35. The number of carbonyl (C=O) groups is 3. The van der Waals surface area contributed by atoms with Gasteiger partial charge < -0.3 is 15.4 Å². The van der Waals surface area contributed by atoms with E-state index in [4.69, 9.17) is 4.74 Å². The Hall–Kier alpha value is -3.68. The summed E-state index contributed by atoms with van der Waals surface area (Å²) in [5, 5.41) is 9.38. The molecular formula is C21H24N4O4.